The Balaban J connectivity index is 2.08. The number of benzene rings is 1. The van der Waals surface area contributed by atoms with Crippen LogP contribution in [0.15, 0.2) is 24.3 Å². The van der Waals surface area contributed by atoms with Crippen LogP contribution in [-0.2, 0) is 5.54 Å². The Bertz CT molecular complexity index is 439. The predicted octanol–water partition coefficient (Wildman–Crippen LogP) is 2.87. The van der Waals surface area contributed by atoms with Crippen molar-refractivity contribution in [2.24, 2.45) is 0 Å². The summed E-state index contributed by atoms with van der Waals surface area (Å²) in [4.78, 5) is 13.8. The predicted molar refractivity (Wildman–Crippen MR) is 68.8 cm³/mol. The van der Waals surface area contributed by atoms with Crippen LogP contribution in [-0.4, -0.2) is 24.0 Å². The first-order valence-corrected chi connectivity index (χ1v) is 6.32. The largest absolute Gasteiger partial charge is 0.329 e. The standard InChI is InChI=1S/C14H19FN2O/c1-14(2,11-6-5-7-12(15)10-11)16-13(18)17-8-3-4-9-17/h5-7,10H,3-4,8-9H2,1-2H3,(H,16,18). The van der Waals surface area contributed by atoms with Gasteiger partial charge in [0.05, 0.1) is 5.54 Å². The molecule has 1 aromatic rings. The summed E-state index contributed by atoms with van der Waals surface area (Å²) in [5.74, 6) is -0.281. The lowest BCUT2D eigenvalue weighted by molar-refractivity contribution is 0.197. The Hall–Kier alpha value is -1.58. The first-order chi connectivity index (χ1) is 8.49. The van der Waals surface area contributed by atoms with Gasteiger partial charge in [0.2, 0.25) is 0 Å². The van der Waals surface area contributed by atoms with Gasteiger partial charge in [-0.2, -0.15) is 0 Å². The molecule has 1 N–H and O–H groups in total. The van der Waals surface area contributed by atoms with Crippen LogP contribution in [0, 0.1) is 5.82 Å². The summed E-state index contributed by atoms with van der Waals surface area (Å²) in [5, 5.41) is 2.96. The van der Waals surface area contributed by atoms with E-state index in [2.05, 4.69) is 5.32 Å². The van der Waals surface area contributed by atoms with E-state index in [0.29, 0.717) is 0 Å². The summed E-state index contributed by atoms with van der Waals surface area (Å²) in [6.07, 6.45) is 2.13. The van der Waals surface area contributed by atoms with Crippen LogP contribution in [0.4, 0.5) is 9.18 Å². The second-order valence-corrected chi connectivity index (χ2v) is 5.26. The van der Waals surface area contributed by atoms with Crippen molar-refractivity contribution in [3.63, 3.8) is 0 Å². The quantitative estimate of drug-likeness (QED) is 0.860. The van der Waals surface area contributed by atoms with Gasteiger partial charge in [-0.3, -0.25) is 0 Å². The van der Waals surface area contributed by atoms with E-state index in [1.54, 1.807) is 11.0 Å². The fraction of sp³-hybridized carbons (Fsp3) is 0.500. The molecule has 0 saturated carbocycles. The smallest absolute Gasteiger partial charge is 0.318 e. The van der Waals surface area contributed by atoms with E-state index in [-0.39, 0.29) is 11.8 Å². The van der Waals surface area contributed by atoms with E-state index in [1.165, 1.54) is 12.1 Å². The van der Waals surface area contributed by atoms with Crippen LogP contribution < -0.4 is 5.32 Å². The Kier molecular flexibility index (Phi) is 3.55. The van der Waals surface area contributed by atoms with Crippen LogP contribution >= 0.6 is 0 Å². The molecule has 1 aliphatic rings. The van der Waals surface area contributed by atoms with Crippen LogP contribution in [0.3, 0.4) is 0 Å². The maximum absolute atomic E-state index is 13.2. The maximum atomic E-state index is 13.2. The van der Waals surface area contributed by atoms with Crippen molar-refractivity contribution in [3.8, 4) is 0 Å². The Morgan fingerprint density at radius 1 is 1.33 bits per heavy atom. The summed E-state index contributed by atoms with van der Waals surface area (Å²) < 4.78 is 13.2. The molecule has 98 valence electrons. The van der Waals surface area contributed by atoms with Crippen LogP contribution in [0.5, 0.6) is 0 Å². The molecule has 4 heteroatoms. The average molecular weight is 250 g/mol. The van der Waals surface area contributed by atoms with Gasteiger partial charge in [-0.05, 0) is 44.4 Å². The van der Waals surface area contributed by atoms with Crippen LogP contribution in [0.1, 0.15) is 32.3 Å². The number of hydrogen-bond donors (Lipinski definition) is 1. The molecule has 1 saturated heterocycles. The fourth-order valence-corrected chi connectivity index (χ4v) is 2.22. The van der Waals surface area contributed by atoms with Crippen LogP contribution in [0.2, 0.25) is 0 Å². The van der Waals surface area contributed by atoms with E-state index in [9.17, 15) is 9.18 Å². The van der Waals surface area contributed by atoms with Crippen molar-refractivity contribution in [3.05, 3.63) is 35.6 Å². The highest BCUT2D eigenvalue weighted by Gasteiger charge is 2.27. The molecule has 0 unspecified atom stereocenters. The molecular formula is C14H19FN2O. The molecule has 0 bridgehead atoms. The van der Waals surface area contributed by atoms with Crippen molar-refractivity contribution >= 4 is 6.03 Å². The minimum atomic E-state index is -0.568. The molecule has 1 aromatic carbocycles. The number of nitrogens with zero attached hydrogens (tertiary/aromatic N) is 1. The topological polar surface area (TPSA) is 32.3 Å². The van der Waals surface area contributed by atoms with Gasteiger partial charge in [-0.15, -0.1) is 0 Å². The maximum Gasteiger partial charge on any atom is 0.318 e. The van der Waals surface area contributed by atoms with Crippen molar-refractivity contribution in [2.75, 3.05) is 13.1 Å². The highest BCUT2D eigenvalue weighted by Crippen LogP contribution is 2.21. The summed E-state index contributed by atoms with van der Waals surface area (Å²) in [7, 11) is 0. The molecule has 2 amide bonds. The fourth-order valence-electron chi connectivity index (χ4n) is 2.22. The molecule has 3 nitrogen and oxygen atoms in total. The van der Waals surface area contributed by atoms with Gasteiger partial charge in [-0.25, -0.2) is 9.18 Å². The molecule has 0 aromatic heterocycles. The van der Waals surface area contributed by atoms with Gasteiger partial charge in [0.15, 0.2) is 0 Å². The van der Waals surface area contributed by atoms with E-state index >= 15 is 0 Å². The number of likely N-dealkylation sites (tertiary alicyclic amines) is 1. The third kappa shape index (κ3) is 2.81. The van der Waals surface area contributed by atoms with Gasteiger partial charge < -0.3 is 10.2 Å². The summed E-state index contributed by atoms with van der Waals surface area (Å²) in [5.41, 5.74) is 0.206. The second kappa shape index (κ2) is 4.96. The van der Waals surface area contributed by atoms with Crippen molar-refractivity contribution in [1.29, 1.82) is 0 Å². The molecule has 0 spiro atoms. The van der Waals surface area contributed by atoms with E-state index in [4.69, 9.17) is 0 Å². The lowest BCUT2D eigenvalue weighted by Crippen LogP contribution is -2.47. The zero-order valence-corrected chi connectivity index (χ0v) is 10.9. The molecule has 2 rings (SSSR count). The van der Waals surface area contributed by atoms with Gasteiger partial charge in [0.25, 0.3) is 0 Å². The molecule has 1 aliphatic heterocycles. The summed E-state index contributed by atoms with van der Waals surface area (Å²) >= 11 is 0. The van der Waals surface area contributed by atoms with E-state index in [0.717, 1.165) is 31.5 Å². The first-order valence-electron chi connectivity index (χ1n) is 6.32. The number of rotatable bonds is 2. The highest BCUT2D eigenvalue weighted by atomic mass is 19.1. The SMILES string of the molecule is CC(C)(NC(=O)N1CCCC1)c1cccc(F)c1. The number of halogens is 1. The minimum Gasteiger partial charge on any atom is -0.329 e. The van der Waals surface area contributed by atoms with E-state index < -0.39 is 5.54 Å². The molecule has 1 heterocycles. The zero-order chi connectivity index (χ0) is 13.2. The van der Waals surface area contributed by atoms with Crippen molar-refractivity contribution < 1.29 is 9.18 Å². The number of amides is 2. The van der Waals surface area contributed by atoms with Crippen molar-refractivity contribution in [1.82, 2.24) is 10.2 Å². The van der Waals surface area contributed by atoms with E-state index in [1.807, 2.05) is 19.9 Å². The molecule has 1 fully saturated rings. The van der Waals surface area contributed by atoms with Gasteiger partial charge >= 0.3 is 6.03 Å². The molecular weight excluding hydrogens is 231 g/mol. The number of hydrogen-bond acceptors (Lipinski definition) is 1. The number of carbonyl (C=O) groups excluding carboxylic acids is 1. The summed E-state index contributed by atoms with van der Waals surface area (Å²) in [6, 6.07) is 6.29. The van der Waals surface area contributed by atoms with Gasteiger partial charge in [0, 0.05) is 13.1 Å². The Morgan fingerprint density at radius 3 is 2.61 bits per heavy atom. The molecule has 18 heavy (non-hydrogen) atoms. The van der Waals surface area contributed by atoms with Gasteiger partial charge in [-0.1, -0.05) is 12.1 Å². The summed E-state index contributed by atoms with van der Waals surface area (Å²) in [6.45, 7) is 5.39. The number of urea groups is 1. The third-order valence-corrected chi connectivity index (χ3v) is 3.36. The molecule has 0 aliphatic carbocycles. The average Bonchev–Trinajstić information content (AvgIpc) is 2.82. The molecule has 0 radical (unpaired) electrons. The zero-order valence-electron chi connectivity index (χ0n) is 10.9. The molecule has 0 atom stereocenters. The number of carbonyl (C=O) groups is 1. The Morgan fingerprint density at radius 2 is 2.00 bits per heavy atom. The second-order valence-electron chi connectivity index (χ2n) is 5.26. The lowest BCUT2D eigenvalue weighted by Gasteiger charge is -2.29. The lowest BCUT2D eigenvalue weighted by atomic mass is 9.94. The number of nitrogens with one attached hydrogen (secondary N) is 1. The first kappa shape index (κ1) is 12.9. The normalized spacial score (nSPS) is 15.8. The minimum absolute atomic E-state index is 0.0678. The van der Waals surface area contributed by atoms with Crippen molar-refractivity contribution in [2.45, 2.75) is 32.2 Å². The third-order valence-electron chi connectivity index (χ3n) is 3.36. The van der Waals surface area contributed by atoms with Gasteiger partial charge in [0.1, 0.15) is 5.82 Å². The monoisotopic (exact) mass is 250 g/mol. The van der Waals surface area contributed by atoms with Crippen LogP contribution in [0.25, 0.3) is 0 Å². The Labute approximate surface area is 107 Å². The highest BCUT2D eigenvalue weighted by molar-refractivity contribution is 5.75.